The minimum atomic E-state index is -0.519. The lowest BCUT2D eigenvalue weighted by atomic mass is 9.94. The number of nitrogens with one attached hydrogen (secondary N) is 1. The quantitative estimate of drug-likeness (QED) is 0.882. The van der Waals surface area contributed by atoms with Gasteiger partial charge >= 0.3 is 5.97 Å². The average molecular weight is 309 g/mol. The molecule has 0 spiro atoms. The third kappa shape index (κ3) is 3.26. The molecule has 118 valence electrons. The number of hydrogen-bond acceptors (Lipinski definition) is 3. The number of anilines is 1. The third-order valence-corrected chi connectivity index (χ3v) is 4.12. The van der Waals surface area contributed by atoms with Crippen molar-refractivity contribution in [1.29, 1.82) is 0 Å². The molecule has 1 aliphatic rings. The fourth-order valence-electron chi connectivity index (χ4n) is 2.91. The predicted octanol–water partition coefficient (Wildman–Crippen LogP) is 3.55. The molecule has 2 aromatic rings. The van der Waals surface area contributed by atoms with Gasteiger partial charge in [-0.3, -0.25) is 9.59 Å². The van der Waals surface area contributed by atoms with E-state index < -0.39 is 12.0 Å². The number of rotatable bonds is 3. The van der Waals surface area contributed by atoms with Gasteiger partial charge in [0.05, 0.1) is 12.3 Å². The molecule has 0 unspecified atom stereocenters. The molecule has 1 heterocycles. The van der Waals surface area contributed by atoms with Crippen LogP contribution in [0.25, 0.3) is 0 Å². The predicted molar refractivity (Wildman–Crippen MR) is 87.9 cm³/mol. The summed E-state index contributed by atoms with van der Waals surface area (Å²) in [5.74, 6) is -1.03. The van der Waals surface area contributed by atoms with Gasteiger partial charge in [0.1, 0.15) is 6.10 Å². The first-order valence-corrected chi connectivity index (χ1v) is 7.67. The molecule has 1 amide bonds. The van der Waals surface area contributed by atoms with E-state index in [1.165, 1.54) is 0 Å². The van der Waals surface area contributed by atoms with Crippen molar-refractivity contribution in [1.82, 2.24) is 0 Å². The molecule has 1 fully saturated rings. The second-order valence-corrected chi connectivity index (χ2v) is 5.94. The van der Waals surface area contributed by atoms with Gasteiger partial charge in [-0.25, -0.2) is 0 Å². The number of carbonyl (C=O) groups is 2. The van der Waals surface area contributed by atoms with E-state index in [0.717, 1.165) is 22.4 Å². The number of hydrogen-bond donors (Lipinski definition) is 1. The topological polar surface area (TPSA) is 55.4 Å². The maximum atomic E-state index is 12.6. The van der Waals surface area contributed by atoms with Crippen LogP contribution in [0, 0.1) is 19.8 Å². The maximum Gasteiger partial charge on any atom is 0.307 e. The van der Waals surface area contributed by atoms with E-state index in [2.05, 4.69) is 5.32 Å². The van der Waals surface area contributed by atoms with E-state index in [9.17, 15) is 9.59 Å². The molecule has 23 heavy (non-hydrogen) atoms. The van der Waals surface area contributed by atoms with Crippen LogP contribution in [-0.2, 0) is 14.3 Å². The van der Waals surface area contributed by atoms with Crippen molar-refractivity contribution in [2.75, 3.05) is 5.32 Å². The van der Waals surface area contributed by atoms with Crippen molar-refractivity contribution in [2.24, 2.45) is 5.92 Å². The zero-order chi connectivity index (χ0) is 16.4. The van der Waals surface area contributed by atoms with Gasteiger partial charge in [-0.1, -0.05) is 48.0 Å². The highest BCUT2D eigenvalue weighted by molar-refractivity contribution is 5.97. The molecule has 3 rings (SSSR count). The number of carbonyl (C=O) groups excluding carboxylic acids is 2. The number of aryl methyl sites for hydroxylation is 2. The lowest BCUT2D eigenvalue weighted by Gasteiger charge is -2.18. The van der Waals surface area contributed by atoms with Crippen LogP contribution in [0.1, 0.15) is 29.2 Å². The first-order chi connectivity index (χ1) is 11.0. The van der Waals surface area contributed by atoms with Gasteiger partial charge in [-0.15, -0.1) is 0 Å². The van der Waals surface area contributed by atoms with Crippen molar-refractivity contribution < 1.29 is 14.3 Å². The SMILES string of the molecule is Cc1ccc(NC(=O)[C@H]2CC(=O)O[C@@H]2c2ccccc2)c(C)c1. The summed E-state index contributed by atoms with van der Waals surface area (Å²) < 4.78 is 5.37. The van der Waals surface area contributed by atoms with E-state index in [4.69, 9.17) is 4.74 Å². The van der Waals surface area contributed by atoms with Crippen molar-refractivity contribution in [3.63, 3.8) is 0 Å². The Morgan fingerprint density at radius 1 is 1.13 bits per heavy atom. The van der Waals surface area contributed by atoms with Crippen LogP contribution in [-0.4, -0.2) is 11.9 Å². The highest BCUT2D eigenvalue weighted by atomic mass is 16.6. The van der Waals surface area contributed by atoms with Crippen LogP contribution in [0.2, 0.25) is 0 Å². The lowest BCUT2D eigenvalue weighted by Crippen LogP contribution is -2.25. The van der Waals surface area contributed by atoms with Crippen molar-refractivity contribution in [3.05, 3.63) is 65.2 Å². The second kappa shape index (κ2) is 6.24. The van der Waals surface area contributed by atoms with Gasteiger partial charge in [0, 0.05) is 5.69 Å². The summed E-state index contributed by atoms with van der Waals surface area (Å²) >= 11 is 0. The van der Waals surface area contributed by atoms with E-state index in [1.54, 1.807) is 0 Å². The summed E-state index contributed by atoms with van der Waals surface area (Å²) in [6.07, 6.45) is -0.412. The Bertz CT molecular complexity index is 740. The summed E-state index contributed by atoms with van der Waals surface area (Å²) in [4.78, 5) is 24.3. The summed E-state index contributed by atoms with van der Waals surface area (Å²) in [6, 6.07) is 15.2. The number of ether oxygens (including phenoxy) is 1. The van der Waals surface area contributed by atoms with Gasteiger partial charge in [0.2, 0.25) is 5.91 Å². The normalized spacial score (nSPS) is 20.2. The van der Waals surface area contributed by atoms with E-state index >= 15 is 0 Å². The van der Waals surface area contributed by atoms with Crippen LogP contribution >= 0.6 is 0 Å². The highest BCUT2D eigenvalue weighted by Gasteiger charge is 2.40. The van der Waals surface area contributed by atoms with Crippen molar-refractivity contribution in [3.8, 4) is 0 Å². The minimum absolute atomic E-state index is 0.107. The number of benzene rings is 2. The summed E-state index contributed by atoms with van der Waals surface area (Å²) in [6.45, 7) is 3.96. The number of amides is 1. The zero-order valence-electron chi connectivity index (χ0n) is 13.2. The molecular weight excluding hydrogens is 290 g/mol. The molecule has 4 heteroatoms. The monoisotopic (exact) mass is 309 g/mol. The number of cyclic esters (lactones) is 1. The average Bonchev–Trinajstić information content (AvgIpc) is 2.93. The Kier molecular flexibility index (Phi) is 4.15. The largest absolute Gasteiger partial charge is 0.457 e. The van der Waals surface area contributed by atoms with Crippen LogP contribution in [0.3, 0.4) is 0 Å². The van der Waals surface area contributed by atoms with Crippen molar-refractivity contribution >= 4 is 17.6 Å². The van der Waals surface area contributed by atoms with Gasteiger partial charge < -0.3 is 10.1 Å². The molecule has 0 bridgehead atoms. The van der Waals surface area contributed by atoms with Crippen LogP contribution in [0.5, 0.6) is 0 Å². The Morgan fingerprint density at radius 3 is 2.57 bits per heavy atom. The van der Waals surface area contributed by atoms with Gasteiger partial charge in [-0.2, -0.15) is 0 Å². The lowest BCUT2D eigenvalue weighted by molar-refractivity contribution is -0.141. The summed E-state index contributed by atoms with van der Waals surface area (Å²) in [5, 5.41) is 2.93. The molecule has 2 atom stereocenters. The first kappa shape index (κ1) is 15.3. The van der Waals surface area contributed by atoms with E-state index in [0.29, 0.717) is 0 Å². The minimum Gasteiger partial charge on any atom is -0.457 e. The molecule has 0 saturated carbocycles. The van der Waals surface area contributed by atoms with Crippen LogP contribution < -0.4 is 5.32 Å². The van der Waals surface area contributed by atoms with E-state index in [1.807, 2.05) is 62.4 Å². The Morgan fingerprint density at radius 2 is 1.87 bits per heavy atom. The standard InChI is InChI=1S/C19H19NO3/c1-12-8-9-16(13(2)10-12)20-19(22)15-11-17(21)23-18(15)14-6-4-3-5-7-14/h3-10,15,18H,11H2,1-2H3,(H,20,22)/t15-,18+/m0/s1. The fraction of sp³-hybridized carbons (Fsp3) is 0.263. The molecule has 4 nitrogen and oxygen atoms in total. The summed E-state index contributed by atoms with van der Waals surface area (Å²) in [7, 11) is 0. The molecule has 0 aromatic heterocycles. The molecule has 1 aliphatic heterocycles. The maximum absolute atomic E-state index is 12.6. The highest BCUT2D eigenvalue weighted by Crippen LogP contribution is 2.36. The first-order valence-electron chi connectivity index (χ1n) is 7.67. The smallest absolute Gasteiger partial charge is 0.307 e. The van der Waals surface area contributed by atoms with Gasteiger partial charge in [0.15, 0.2) is 0 Å². The van der Waals surface area contributed by atoms with Crippen molar-refractivity contribution in [2.45, 2.75) is 26.4 Å². The summed E-state index contributed by atoms with van der Waals surface area (Å²) in [5.41, 5.74) is 3.76. The zero-order valence-corrected chi connectivity index (χ0v) is 13.2. The number of esters is 1. The molecule has 0 radical (unpaired) electrons. The Hall–Kier alpha value is -2.62. The Balaban J connectivity index is 1.81. The molecule has 1 N–H and O–H groups in total. The second-order valence-electron chi connectivity index (χ2n) is 5.94. The van der Waals surface area contributed by atoms with Gasteiger partial charge in [0.25, 0.3) is 0 Å². The molecule has 1 saturated heterocycles. The van der Waals surface area contributed by atoms with Crippen LogP contribution in [0.15, 0.2) is 48.5 Å². The molecular formula is C19H19NO3. The van der Waals surface area contributed by atoms with Crippen LogP contribution in [0.4, 0.5) is 5.69 Å². The third-order valence-electron chi connectivity index (χ3n) is 4.12. The van der Waals surface area contributed by atoms with Gasteiger partial charge in [-0.05, 0) is 31.0 Å². The molecule has 2 aromatic carbocycles. The fourth-order valence-corrected chi connectivity index (χ4v) is 2.91. The Labute approximate surface area is 135 Å². The van der Waals surface area contributed by atoms with E-state index in [-0.39, 0.29) is 18.3 Å². The molecule has 0 aliphatic carbocycles.